The number of hydrogen-bond acceptors (Lipinski definition) is 5. The molecule has 0 spiro atoms. The van der Waals surface area contributed by atoms with Crippen LogP contribution in [0.15, 0.2) is 27.0 Å². The molecule has 0 unspecified atom stereocenters. The molecule has 0 fully saturated rings. The highest BCUT2D eigenvalue weighted by molar-refractivity contribution is 7.91. The number of nitrogens with two attached hydrogens (primary N) is 1. The largest absolute Gasteiger partial charge is 0.469 e. The second-order valence-electron chi connectivity index (χ2n) is 4.64. The number of thiophene rings is 1. The molecule has 2 N–H and O–H groups in total. The molecule has 7 heteroatoms. The summed E-state index contributed by atoms with van der Waals surface area (Å²) < 4.78 is 31.9. The van der Waals surface area contributed by atoms with E-state index in [2.05, 4.69) is 0 Å². The van der Waals surface area contributed by atoms with Crippen molar-refractivity contribution < 1.29 is 12.8 Å². The monoisotopic (exact) mass is 314 g/mol. The van der Waals surface area contributed by atoms with Gasteiger partial charge in [0.25, 0.3) is 10.0 Å². The van der Waals surface area contributed by atoms with Crippen LogP contribution in [0.3, 0.4) is 0 Å². The lowest BCUT2D eigenvalue weighted by atomic mass is 10.3. The van der Waals surface area contributed by atoms with Gasteiger partial charge in [0, 0.05) is 30.6 Å². The highest BCUT2D eigenvalue weighted by Gasteiger charge is 2.24. The van der Waals surface area contributed by atoms with Gasteiger partial charge >= 0.3 is 0 Å². The van der Waals surface area contributed by atoms with Crippen LogP contribution in [0, 0.1) is 13.8 Å². The zero-order valence-electron chi connectivity index (χ0n) is 11.7. The van der Waals surface area contributed by atoms with Crippen molar-refractivity contribution >= 4 is 21.4 Å². The summed E-state index contributed by atoms with van der Waals surface area (Å²) in [6, 6.07) is 3.47. The number of rotatable bonds is 5. The van der Waals surface area contributed by atoms with Gasteiger partial charge < -0.3 is 10.2 Å². The van der Waals surface area contributed by atoms with Crippen LogP contribution in [-0.4, -0.2) is 19.8 Å². The first-order valence-electron chi connectivity index (χ1n) is 6.15. The predicted molar refractivity (Wildman–Crippen MR) is 79.0 cm³/mol. The Bertz CT molecular complexity index is 701. The van der Waals surface area contributed by atoms with Crippen molar-refractivity contribution in [1.29, 1.82) is 0 Å². The second-order valence-corrected chi connectivity index (χ2v) is 8.05. The van der Waals surface area contributed by atoms with Crippen LogP contribution in [0.25, 0.3) is 0 Å². The van der Waals surface area contributed by atoms with E-state index in [1.165, 1.54) is 15.6 Å². The van der Waals surface area contributed by atoms with E-state index in [1.54, 1.807) is 25.4 Å². The maximum atomic E-state index is 12.5. The Hall–Kier alpha value is -1.15. The molecule has 0 atom stereocenters. The lowest BCUT2D eigenvalue weighted by molar-refractivity contribution is 0.460. The number of aryl methyl sites for hydroxylation is 2. The molecule has 0 radical (unpaired) electrons. The van der Waals surface area contributed by atoms with E-state index in [0.29, 0.717) is 17.3 Å². The summed E-state index contributed by atoms with van der Waals surface area (Å²) in [7, 11) is -1.92. The van der Waals surface area contributed by atoms with E-state index in [-0.39, 0.29) is 0 Å². The first-order chi connectivity index (χ1) is 9.36. The maximum absolute atomic E-state index is 12.5. The summed E-state index contributed by atoms with van der Waals surface area (Å²) in [5.41, 5.74) is 7.39. The third-order valence-corrected chi connectivity index (χ3v) is 6.72. The van der Waals surface area contributed by atoms with Crippen molar-refractivity contribution in [2.45, 2.75) is 31.1 Å². The Balaban J connectivity index is 2.27. The quantitative estimate of drug-likeness (QED) is 0.918. The summed E-state index contributed by atoms with van der Waals surface area (Å²) in [4.78, 5) is 0.900. The van der Waals surface area contributed by atoms with E-state index < -0.39 is 10.0 Å². The third kappa shape index (κ3) is 2.80. The second kappa shape index (κ2) is 5.69. The Labute approximate surface area is 123 Å². The molecule has 0 bridgehead atoms. The van der Waals surface area contributed by atoms with Crippen molar-refractivity contribution in [3.63, 3.8) is 0 Å². The molecule has 2 heterocycles. The zero-order valence-corrected chi connectivity index (χ0v) is 13.3. The van der Waals surface area contributed by atoms with Gasteiger partial charge in [0.2, 0.25) is 0 Å². The molecule has 2 rings (SSSR count). The summed E-state index contributed by atoms with van der Waals surface area (Å²) in [5, 5.41) is 0. The first kappa shape index (κ1) is 15.2. The van der Waals surface area contributed by atoms with Crippen LogP contribution >= 0.6 is 11.3 Å². The van der Waals surface area contributed by atoms with Crippen LogP contribution in [0.2, 0.25) is 0 Å². The topological polar surface area (TPSA) is 76.5 Å². The minimum absolute atomic E-state index is 0.291. The Morgan fingerprint density at radius 2 is 2.10 bits per heavy atom. The molecule has 0 aromatic carbocycles. The number of furan rings is 1. The van der Waals surface area contributed by atoms with Gasteiger partial charge in [-0.05, 0) is 31.5 Å². The fraction of sp³-hybridized carbons (Fsp3) is 0.385. The average molecular weight is 314 g/mol. The Kier molecular flexibility index (Phi) is 4.33. The molecular formula is C13H18N2O3S2. The normalized spacial score (nSPS) is 12.2. The van der Waals surface area contributed by atoms with Gasteiger partial charge in [-0.2, -0.15) is 4.31 Å². The van der Waals surface area contributed by atoms with E-state index in [9.17, 15) is 8.42 Å². The van der Waals surface area contributed by atoms with Crippen LogP contribution in [0.1, 0.15) is 21.8 Å². The number of nitrogens with zero attached hydrogens (tertiary/aromatic N) is 1. The minimum atomic E-state index is -3.49. The molecule has 5 nitrogen and oxygen atoms in total. The van der Waals surface area contributed by atoms with Gasteiger partial charge in [0.05, 0.1) is 6.26 Å². The molecule has 2 aromatic rings. The van der Waals surface area contributed by atoms with Crippen LogP contribution < -0.4 is 5.73 Å². The lowest BCUT2D eigenvalue weighted by Crippen LogP contribution is -2.25. The zero-order chi connectivity index (χ0) is 14.9. The summed E-state index contributed by atoms with van der Waals surface area (Å²) in [6.45, 7) is 4.34. The summed E-state index contributed by atoms with van der Waals surface area (Å²) >= 11 is 1.23. The van der Waals surface area contributed by atoms with E-state index in [0.717, 1.165) is 21.8 Å². The molecule has 0 aliphatic carbocycles. The van der Waals surface area contributed by atoms with Gasteiger partial charge in [-0.15, -0.1) is 11.3 Å². The molecule has 0 saturated carbocycles. The molecular weight excluding hydrogens is 296 g/mol. The van der Waals surface area contributed by atoms with Crippen molar-refractivity contribution in [3.05, 3.63) is 40.2 Å². The fourth-order valence-corrected chi connectivity index (χ4v) is 4.70. The van der Waals surface area contributed by atoms with Crippen molar-refractivity contribution in [1.82, 2.24) is 4.31 Å². The van der Waals surface area contributed by atoms with E-state index >= 15 is 0 Å². The van der Waals surface area contributed by atoms with Crippen molar-refractivity contribution in [2.75, 3.05) is 7.05 Å². The van der Waals surface area contributed by atoms with Crippen molar-refractivity contribution in [3.8, 4) is 0 Å². The first-order valence-corrected chi connectivity index (χ1v) is 8.40. The molecule has 0 amide bonds. The Morgan fingerprint density at radius 3 is 2.60 bits per heavy atom. The minimum Gasteiger partial charge on any atom is -0.469 e. The van der Waals surface area contributed by atoms with E-state index in [4.69, 9.17) is 10.2 Å². The van der Waals surface area contributed by atoms with Crippen LogP contribution in [0.5, 0.6) is 0 Å². The number of sulfonamides is 1. The number of hydrogen-bond donors (Lipinski definition) is 1. The SMILES string of the molecule is Cc1cc(S(=O)(=O)N(C)Cc2ccoc2C)sc1CN. The van der Waals surface area contributed by atoms with Crippen molar-refractivity contribution in [2.24, 2.45) is 5.73 Å². The molecule has 2 aromatic heterocycles. The maximum Gasteiger partial charge on any atom is 0.252 e. The smallest absolute Gasteiger partial charge is 0.252 e. The lowest BCUT2D eigenvalue weighted by Gasteiger charge is -2.15. The predicted octanol–water partition coefficient (Wildman–Crippen LogP) is 2.24. The molecule has 110 valence electrons. The fourth-order valence-electron chi connectivity index (χ4n) is 1.87. The van der Waals surface area contributed by atoms with Gasteiger partial charge in [-0.1, -0.05) is 0 Å². The molecule has 20 heavy (non-hydrogen) atoms. The van der Waals surface area contributed by atoms with Gasteiger partial charge in [-0.25, -0.2) is 8.42 Å². The molecule has 0 saturated heterocycles. The third-order valence-electron chi connectivity index (χ3n) is 3.21. The summed E-state index contributed by atoms with van der Waals surface area (Å²) in [6.07, 6.45) is 1.56. The van der Waals surface area contributed by atoms with Gasteiger partial charge in [0.1, 0.15) is 9.97 Å². The highest BCUT2D eigenvalue weighted by atomic mass is 32.2. The molecule has 0 aliphatic heterocycles. The average Bonchev–Trinajstić information content (AvgIpc) is 2.96. The van der Waals surface area contributed by atoms with Crippen LogP contribution in [0.4, 0.5) is 0 Å². The standard InChI is InChI=1S/C13H18N2O3S2/c1-9-6-13(19-12(9)7-14)20(16,17)15(3)8-11-4-5-18-10(11)2/h4-6H,7-8,14H2,1-3H3. The van der Waals surface area contributed by atoms with E-state index in [1.807, 2.05) is 13.8 Å². The highest BCUT2D eigenvalue weighted by Crippen LogP contribution is 2.28. The molecule has 0 aliphatic rings. The van der Waals surface area contributed by atoms with Gasteiger partial charge in [-0.3, -0.25) is 0 Å². The van der Waals surface area contributed by atoms with Gasteiger partial charge in [0.15, 0.2) is 0 Å². The Morgan fingerprint density at radius 1 is 1.40 bits per heavy atom. The summed E-state index contributed by atoms with van der Waals surface area (Å²) in [5.74, 6) is 0.733. The van der Waals surface area contributed by atoms with Crippen LogP contribution in [-0.2, 0) is 23.1 Å².